The van der Waals surface area contributed by atoms with Crippen LogP contribution in [0, 0.1) is 0 Å². The molecular formula is C6H10NO. The predicted molar refractivity (Wildman–Crippen MR) is 31.3 cm³/mol. The van der Waals surface area contributed by atoms with E-state index >= 15 is 0 Å². The molecule has 0 atom stereocenters. The van der Waals surface area contributed by atoms with Gasteiger partial charge in [0.2, 0.25) is 6.29 Å². The lowest BCUT2D eigenvalue weighted by atomic mass is 9.93. The maximum atomic E-state index is 9.66. The van der Waals surface area contributed by atoms with Crippen molar-refractivity contribution < 1.29 is 4.79 Å². The Kier molecular flexibility index (Phi) is 2.03. The first-order valence-electron chi connectivity index (χ1n) is 3.02. The zero-order valence-corrected chi connectivity index (χ0v) is 4.81. The van der Waals surface area contributed by atoms with Crippen molar-refractivity contribution in [3.8, 4) is 0 Å². The normalized spacial score (nSPS) is 20.0. The molecule has 0 aromatic rings. The Morgan fingerprint density at radius 2 is 2.38 bits per heavy atom. The third kappa shape index (κ3) is 1.30. The summed E-state index contributed by atoms with van der Waals surface area (Å²) in [4.78, 5) is 9.66. The second kappa shape index (κ2) is 2.82. The summed E-state index contributed by atoms with van der Waals surface area (Å²) in [5, 5.41) is 3.05. The molecule has 1 rings (SSSR count). The zero-order chi connectivity index (χ0) is 5.82. The van der Waals surface area contributed by atoms with Crippen LogP contribution in [-0.4, -0.2) is 18.9 Å². The molecule has 45 valence electrons. The van der Waals surface area contributed by atoms with Crippen molar-refractivity contribution in [3.63, 3.8) is 0 Å². The van der Waals surface area contributed by atoms with E-state index in [2.05, 4.69) is 5.32 Å². The lowest BCUT2D eigenvalue weighted by Gasteiger charge is -2.25. The fourth-order valence-electron chi connectivity index (χ4n) is 0.798. The van der Waals surface area contributed by atoms with Crippen LogP contribution in [0.15, 0.2) is 0 Å². The summed E-state index contributed by atoms with van der Waals surface area (Å²) in [6, 6.07) is 0.622. The van der Waals surface area contributed by atoms with Crippen molar-refractivity contribution in [2.24, 2.45) is 0 Å². The van der Waals surface area contributed by atoms with Gasteiger partial charge in [0.25, 0.3) is 0 Å². The van der Waals surface area contributed by atoms with E-state index in [1.807, 2.05) is 0 Å². The second-order valence-corrected chi connectivity index (χ2v) is 2.15. The van der Waals surface area contributed by atoms with E-state index in [0.29, 0.717) is 12.6 Å². The SMILES string of the molecule is O=[C]CNC1CCC1. The number of carbonyl (C=O) groups excluding carboxylic acids is 1. The van der Waals surface area contributed by atoms with Gasteiger partial charge in [-0.3, -0.25) is 4.79 Å². The molecule has 0 amide bonds. The van der Waals surface area contributed by atoms with Gasteiger partial charge in [-0.15, -0.1) is 0 Å². The van der Waals surface area contributed by atoms with Crippen LogP contribution in [0.4, 0.5) is 0 Å². The third-order valence-corrected chi connectivity index (χ3v) is 1.57. The van der Waals surface area contributed by atoms with E-state index in [1.54, 1.807) is 6.29 Å². The molecule has 2 heteroatoms. The standard InChI is InChI=1S/C6H10NO/c8-5-4-7-6-2-1-3-6/h6-7H,1-4H2. The van der Waals surface area contributed by atoms with E-state index < -0.39 is 0 Å². The highest BCUT2D eigenvalue weighted by atomic mass is 16.1. The Morgan fingerprint density at radius 3 is 2.75 bits per heavy atom. The molecule has 0 aromatic carbocycles. The van der Waals surface area contributed by atoms with E-state index in [4.69, 9.17) is 0 Å². The van der Waals surface area contributed by atoms with Gasteiger partial charge in [0, 0.05) is 6.04 Å². The molecule has 1 aliphatic carbocycles. The maximum Gasteiger partial charge on any atom is 0.213 e. The average Bonchev–Trinajstić information content (AvgIpc) is 1.63. The number of nitrogens with one attached hydrogen (secondary N) is 1. The molecule has 1 radical (unpaired) electrons. The predicted octanol–water partition coefficient (Wildman–Crippen LogP) is 0.238. The van der Waals surface area contributed by atoms with Gasteiger partial charge >= 0.3 is 0 Å². The first-order valence-corrected chi connectivity index (χ1v) is 3.02. The first-order chi connectivity index (χ1) is 3.93. The van der Waals surface area contributed by atoms with E-state index in [1.165, 1.54) is 19.3 Å². The maximum absolute atomic E-state index is 9.66. The van der Waals surface area contributed by atoms with Gasteiger partial charge < -0.3 is 5.32 Å². The van der Waals surface area contributed by atoms with Gasteiger partial charge in [0.1, 0.15) is 0 Å². The monoisotopic (exact) mass is 112 g/mol. The van der Waals surface area contributed by atoms with Gasteiger partial charge in [-0.25, -0.2) is 0 Å². The summed E-state index contributed by atoms with van der Waals surface area (Å²) in [5.41, 5.74) is 0. The van der Waals surface area contributed by atoms with E-state index in [9.17, 15) is 4.79 Å². The molecule has 8 heavy (non-hydrogen) atoms. The van der Waals surface area contributed by atoms with Gasteiger partial charge in [-0.1, -0.05) is 6.42 Å². The molecule has 1 saturated carbocycles. The van der Waals surface area contributed by atoms with Crippen molar-refractivity contribution in [3.05, 3.63) is 0 Å². The minimum atomic E-state index is 0.407. The Morgan fingerprint density at radius 1 is 1.62 bits per heavy atom. The molecule has 1 N–H and O–H groups in total. The fourth-order valence-corrected chi connectivity index (χ4v) is 0.798. The molecule has 0 heterocycles. The molecule has 0 bridgehead atoms. The Hall–Kier alpha value is -0.370. The van der Waals surface area contributed by atoms with Gasteiger partial charge in [-0.05, 0) is 12.8 Å². The van der Waals surface area contributed by atoms with Crippen LogP contribution in [0.3, 0.4) is 0 Å². The molecule has 0 unspecified atom stereocenters. The van der Waals surface area contributed by atoms with Crippen molar-refractivity contribution in [1.29, 1.82) is 0 Å². The van der Waals surface area contributed by atoms with Crippen LogP contribution >= 0.6 is 0 Å². The van der Waals surface area contributed by atoms with Crippen molar-refractivity contribution in [2.45, 2.75) is 25.3 Å². The van der Waals surface area contributed by atoms with Gasteiger partial charge in [-0.2, -0.15) is 0 Å². The Balaban J connectivity index is 1.93. The van der Waals surface area contributed by atoms with Crippen LogP contribution in [0.1, 0.15) is 19.3 Å². The van der Waals surface area contributed by atoms with Crippen molar-refractivity contribution in [2.75, 3.05) is 6.54 Å². The molecule has 0 aromatic heterocycles. The highest BCUT2D eigenvalue weighted by molar-refractivity contribution is 5.52. The van der Waals surface area contributed by atoms with Crippen LogP contribution in [0.25, 0.3) is 0 Å². The highest BCUT2D eigenvalue weighted by Crippen LogP contribution is 2.17. The van der Waals surface area contributed by atoms with Crippen LogP contribution < -0.4 is 5.32 Å². The van der Waals surface area contributed by atoms with Gasteiger partial charge in [0.15, 0.2) is 0 Å². The molecule has 0 aliphatic heterocycles. The topological polar surface area (TPSA) is 29.1 Å². The van der Waals surface area contributed by atoms with Crippen LogP contribution in [-0.2, 0) is 4.79 Å². The van der Waals surface area contributed by atoms with E-state index in [-0.39, 0.29) is 0 Å². The largest absolute Gasteiger partial charge is 0.307 e. The summed E-state index contributed by atoms with van der Waals surface area (Å²) in [5.74, 6) is 0. The number of rotatable bonds is 3. The summed E-state index contributed by atoms with van der Waals surface area (Å²) in [6.07, 6.45) is 5.60. The molecule has 1 aliphatic rings. The Bertz CT molecular complexity index is 78.6. The number of hydrogen-bond donors (Lipinski definition) is 1. The van der Waals surface area contributed by atoms with Crippen molar-refractivity contribution in [1.82, 2.24) is 5.32 Å². The summed E-state index contributed by atoms with van der Waals surface area (Å²) < 4.78 is 0. The van der Waals surface area contributed by atoms with Crippen LogP contribution in [0.2, 0.25) is 0 Å². The smallest absolute Gasteiger partial charge is 0.213 e. The summed E-state index contributed by atoms with van der Waals surface area (Å²) in [7, 11) is 0. The minimum absolute atomic E-state index is 0.407. The lowest BCUT2D eigenvalue weighted by molar-refractivity contribution is 0.352. The molecule has 0 spiro atoms. The molecular weight excluding hydrogens is 102 g/mol. The van der Waals surface area contributed by atoms with Crippen molar-refractivity contribution >= 4 is 6.29 Å². The molecule has 0 saturated heterocycles. The summed E-state index contributed by atoms with van der Waals surface area (Å²) in [6.45, 7) is 0.407. The lowest BCUT2D eigenvalue weighted by Crippen LogP contribution is -2.35. The average molecular weight is 112 g/mol. The van der Waals surface area contributed by atoms with E-state index in [0.717, 1.165) is 0 Å². The minimum Gasteiger partial charge on any atom is -0.307 e. The number of hydrogen-bond acceptors (Lipinski definition) is 2. The Labute approximate surface area is 49.3 Å². The summed E-state index contributed by atoms with van der Waals surface area (Å²) >= 11 is 0. The fraction of sp³-hybridized carbons (Fsp3) is 0.833. The third-order valence-electron chi connectivity index (χ3n) is 1.57. The highest BCUT2D eigenvalue weighted by Gasteiger charge is 2.15. The molecule has 1 fully saturated rings. The first kappa shape index (κ1) is 5.76. The van der Waals surface area contributed by atoms with Gasteiger partial charge in [0.05, 0.1) is 6.54 Å². The van der Waals surface area contributed by atoms with Crippen LogP contribution in [0.5, 0.6) is 0 Å². The molecule has 2 nitrogen and oxygen atoms in total. The second-order valence-electron chi connectivity index (χ2n) is 2.15. The quantitative estimate of drug-likeness (QED) is 0.566. The zero-order valence-electron chi connectivity index (χ0n) is 4.81.